The third kappa shape index (κ3) is 14.3. The Morgan fingerprint density at radius 3 is 0.867 bits per heavy atom. The number of rotatable bonds is 2. The van der Waals surface area contributed by atoms with Gasteiger partial charge in [-0.05, 0) is 0 Å². The van der Waals surface area contributed by atoms with Crippen molar-refractivity contribution in [2.45, 2.75) is 0 Å². The van der Waals surface area contributed by atoms with Gasteiger partial charge in [-0.3, -0.25) is 0 Å². The van der Waals surface area contributed by atoms with Gasteiger partial charge in [-0.25, -0.2) is 29.3 Å². The molecule has 0 amide bonds. The number of nitro groups is 2. The van der Waals surface area contributed by atoms with Crippen LogP contribution in [0, 0.1) is 20.2 Å². The molecule has 0 saturated heterocycles. The molecule has 0 spiro atoms. The van der Waals surface area contributed by atoms with Gasteiger partial charge in [-0.2, -0.15) is 0 Å². The van der Waals surface area contributed by atoms with E-state index in [1.54, 1.807) is 0 Å². The standard InChI is InChI=1S/K.2HNO5S/c;2*2-1(3)7(4,5)6/h;2*(H,4,5,6). The van der Waals surface area contributed by atoms with Crippen LogP contribution < -0.4 is 0 Å². The zero-order valence-electron chi connectivity index (χ0n) is 6.87. The molecular formula is H2KN2O10S2. The summed E-state index contributed by atoms with van der Waals surface area (Å²) in [5.41, 5.74) is 0. The van der Waals surface area contributed by atoms with E-state index in [2.05, 4.69) is 0 Å². The summed E-state index contributed by atoms with van der Waals surface area (Å²) >= 11 is 0. The first-order valence-electron chi connectivity index (χ1n) is 2.13. The van der Waals surface area contributed by atoms with Gasteiger partial charge in [0.2, 0.25) is 0 Å². The van der Waals surface area contributed by atoms with Crippen LogP contribution in [-0.2, 0) is 20.6 Å². The number of nitrogens with zero attached hydrogens (tertiary/aromatic N) is 2. The monoisotopic (exact) mass is 293 g/mol. The Kier molecular flexibility index (Phi) is 10.3. The van der Waals surface area contributed by atoms with Crippen molar-refractivity contribution >= 4 is 72.0 Å². The summed E-state index contributed by atoms with van der Waals surface area (Å²) in [5.74, 6) is 0. The molecule has 0 aliphatic carbocycles. The van der Waals surface area contributed by atoms with Gasteiger partial charge in [-0.1, -0.05) is 0 Å². The summed E-state index contributed by atoms with van der Waals surface area (Å²) in [7, 11) is -10.0. The molecule has 0 heterocycles. The molecule has 85 valence electrons. The van der Waals surface area contributed by atoms with Gasteiger partial charge in [-0.15, -0.1) is 16.8 Å². The first kappa shape index (κ1) is 20.6. The summed E-state index contributed by atoms with van der Waals surface area (Å²) in [6, 6.07) is 0. The van der Waals surface area contributed by atoms with Crippen LogP contribution in [0.5, 0.6) is 0 Å². The Balaban J connectivity index is -0.000000180. The SMILES string of the molecule is O=[N+]([O-])S(=O)(=O)O.O=[N+]([O-])S(=O)(=O)O.[K]. The Morgan fingerprint density at radius 1 is 0.800 bits per heavy atom. The minimum absolute atomic E-state index is 0. The Hall–Kier alpha value is 0.256. The van der Waals surface area contributed by atoms with Gasteiger partial charge >= 0.3 is 20.6 Å². The molecule has 0 aromatic rings. The fraction of sp³-hybridized carbons (Fsp3) is 0. The van der Waals surface area contributed by atoms with Crippen LogP contribution in [0.4, 0.5) is 0 Å². The normalized spacial score (nSPS) is 10.3. The fourth-order valence-corrected chi connectivity index (χ4v) is 0. The number of hydrogen-bond acceptors (Lipinski definition) is 8. The zero-order chi connectivity index (χ0) is 12.2. The molecule has 2 N–H and O–H groups in total. The molecular weight excluding hydrogens is 291 g/mol. The fourth-order valence-electron chi connectivity index (χ4n) is 0. The summed E-state index contributed by atoms with van der Waals surface area (Å²) in [6.07, 6.45) is 0. The van der Waals surface area contributed by atoms with Crippen molar-refractivity contribution in [3.8, 4) is 0 Å². The molecule has 0 aliphatic rings. The van der Waals surface area contributed by atoms with Gasteiger partial charge in [0, 0.05) is 51.4 Å². The first-order chi connectivity index (χ1) is 5.89. The molecule has 1 radical (unpaired) electrons. The van der Waals surface area contributed by atoms with E-state index < -0.39 is 29.3 Å². The van der Waals surface area contributed by atoms with Gasteiger partial charge in [0.25, 0.3) is 0 Å². The van der Waals surface area contributed by atoms with Crippen molar-refractivity contribution in [3.63, 3.8) is 0 Å². The van der Waals surface area contributed by atoms with E-state index in [1.807, 2.05) is 0 Å². The van der Waals surface area contributed by atoms with Crippen LogP contribution in [0.3, 0.4) is 0 Å². The van der Waals surface area contributed by atoms with Crippen LogP contribution in [0.25, 0.3) is 0 Å². The van der Waals surface area contributed by atoms with E-state index >= 15 is 0 Å². The maximum absolute atomic E-state index is 9.19. The molecule has 0 aromatic heterocycles. The van der Waals surface area contributed by atoms with E-state index in [9.17, 15) is 16.8 Å². The smallest absolute Gasteiger partial charge is 0.245 e. The van der Waals surface area contributed by atoms with Crippen LogP contribution in [0.1, 0.15) is 0 Å². The van der Waals surface area contributed by atoms with Gasteiger partial charge < -0.3 is 0 Å². The van der Waals surface area contributed by atoms with Crippen molar-refractivity contribution in [2.75, 3.05) is 0 Å². The molecule has 15 heavy (non-hydrogen) atoms. The van der Waals surface area contributed by atoms with Crippen molar-refractivity contribution < 1.29 is 34.6 Å². The van der Waals surface area contributed by atoms with Crippen molar-refractivity contribution in [1.29, 1.82) is 0 Å². The maximum Gasteiger partial charge on any atom is 0.563 e. The number of hydrogen-bond donors (Lipinski definition) is 2. The van der Waals surface area contributed by atoms with E-state index in [0.717, 1.165) is 0 Å². The second-order valence-corrected chi connectivity index (χ2v) is 3.73. The molecule has 0 saturated carbocycles. The zero-order valence-corrected chi connectivity index (χ0v) is 11.6. The summed E-state index contributed by atoms with van der Waals surface area (Å²) < 4.78 is 47.9. The van der Waals surface area contributed by atoms with Crippen molar-refractivity contribution in [1.82, 2.24) is 0 Å². The van der Waals surface area contributed by atoms with Crippen LogP contribution >= 0.6 is 0 Å². The Morgan fingerprint density at radius 2 is 0.867 bits per heavy atom. The Labute approximate surface area is 125 Å². The molecule has 0 fully saturated rings. The third-order valence-electron chi connectivity index (χ3n) is 0.377. The molecule has 12 nitrogen and oxygen atoms in total. The van der Waals surface area contributed by atoms with Gasteiger partial charge in [0.15, 0.2) is 8.66 Å². The topological polar surface area (TPSA) is 195 Å². The second-order valence-electron chi connectivity index (χ2n) is 1.34. The molecule has 0 aromatic carbocycles. The van der Waals surface area contributed by atoms with Crippen LogP contribution in [-0.4, -0.2) is 86.0 Å². The van der Waals surface area contributed by atoms with Crippen molar-refractivity contribution in [3.05, 3.63) is 20.2 Å². The van der Waals surface area contributed by atoms with Gasteiger partial charge in [0.1, 0.15) is 0 Å². The quantitative estimate of drug-likeness (QED) is 0.243. The van der Waals surface area contributed by atoms with E-state index in [4.69, 9.17) is 29.3 Å². The maximum atomic E-state index is 9.19. The van der Waals surface area contributed by atoms with Crippen molar-refractivity contribution in [2.24, 2.45) is 0 Å². The Bertz CT molecular complexity index is 372. The summed E-state index contributed by atoms with van der Waals surface area (Å²) in [6.45, 7) is 0. The minimum atomic E-state index is -5.02. The molecule has 0 bridgehead atoms. The third-order valence-corrected chi connectivity index (χ3v) is 1.13. The molecule has 0 atom stereocenters. The van der Waals surface area contributed by atoms with Crippen LogP contribution in [0.15, 0.2) is 0 Å². The predicted molar refractivity (Wildman–Crippen MR) is 42.8 cm³/mol. The van der Waals surface area contributed by atoms with E-state index in [0.29, 0.717) is 0 Å². The summed E-state index contributed by atoms with van der Waals surface area (Å²) in [4.78, 5) is 18.0. The molecule has 0 aliphatic heterocycles. The summed E-state index contributed by atoms with van der Waals surface area (Å²) in [5, 5.41) is 18.0. The van der Waals surface area contributed by atoms with Gasteiger partial charge in [0.05, 0.1) is 0 Å². The minimum Gasteiger partial charge on any atom is -0.245 e. The predicted octanol–water partition coefficient (Wildman–Crippen LogP) is -2.25. The average Bonchev–Trinajstić information content (AvgIpc) is 1.83. The van der Waals surface area contributed by atoms with E-state index in [1.165, 1.54) is 0 Å². The first-order valence-corrected chi connectivity index (χ1v) is 4.92. The molecule has 15 heteroatoms. The molecule has 0 rings (SSSR count). The molecule has 0 unspecified atom stereocenters. The largest absolute Gasteiger partial charge is 0.563 e. The van der Waals surface area contributed by atoms with E-state index in [-0.39, 0.29) is 51.4 Å². The average molecular weight is 293 g/mol. The second kappa shape index (κ2) is 7.52. The van der Waals surface area contributed by atoms with Crippen LogP contribution in [0.2, 0.25) is 0 Å².